The van der Waals surface area contributed by atoms with E-state index in [0.29, 0.717) is 12.1 Å². The van der Waals surface area contributed by atoms with Crippen molar-refractivity contribution in [3.8, 4) is 0 Å². The molecule has 2 aromatic carbocycles. The molecule has 0 saturated heterocycles. The zero-order chi connectivity index (χ0) is 19.1. The maximum absolute atomic E-state index is 14.1. The topological polar surface area (TPSA) is 49.4 Å². The Morgan fingerprint density at radius 3 is 2.38 bits per heavy atom. The molecule has 0 aromatic heterocycles. The molecule has 0 saturated carbocycles. The first kappa shape index (κ1) is 19.6. The van der Waals surface area contributed by atoms with Crippen LogP contribution in [0, 0.1) is 12.7 Å². The van der Waals surface area contributed by atoms with Gasteiger partial charge in [0.05, 0.1) is 6.42 Å². The number of nitrogens with one attached hydrogen (secondary N) is 1. The molecular weight excluding hydrogens is 331 g/mol. The number of halogens is 1. The second-order valence-corrected chi connectivity index (χ2v) is 6.35. The number of aryl methyl sites for hydroxylation is 1. The van der Waals surface area contributed by atoms with E-state index in [1.807, 2.05) is 38.1 Å². The van der Waals surface area contributed by atoms with E-state index in [-0.39, 0.29) is 30.6 Å². The fourth-order valence-electron chi connectivity index (χ4n) is 2.70. The highest BCUT2D eigenvalue weighted by Crippen LogP contribution is 2.15. The van der Waals surface area contributed by atoms with Crippen LogP contribution in [0.5, 0.6) is 0 Å². The van der Waals surface area contributed by atoms with Crippen molar-refractivity contribution in [2.45, 2.75) is 39.8 Å². The minimum Gasteiger partial charge on any atom is -0.355 e. The molecule has 26 heavy (non-hydrogen) atoms. The van der Waals surface area contributed by atoms with Crippen molar-refractivity contribution in [3.05, 3.63) is 71.0 Å². The standard InChI is InChI=1S/C21H25FN2O2/c1-4-23-21(26)16(3)24(14-18-7-5-6-8-19(18)22)20(25)13-17-11-9-15(2)10-12-17/h5-12,16H,4,13-14H2,1-3H3,(H,23,26). The molecule has 0 heterocycles. The number of amides is 2. The van der Waals surface area contributed by atoms with E-state index >= 15 is 0 Å². The number of carbonyl (C=O) groups is 2. The van der Waals surface area contributed by atoms with Crippen LogP contribution in [-0.4, -0.2) is 29.3 Å². The van der Waals surface area contributed by atoms with Crippen molar-refractivity contribution in [2.75, 3.05) is 6.54 Å². The fourth-order valence-corrected chi connectivity index (χ4v) is 2.70. The van der Waals surface area contributed by atoms with Crippen molar-refractivity contribution in [3.63, 3.8) is 0 Å². The average Bonchev–Trinajstić information content (AvgIpc) is 2.62. The lowest BCUT2D eigenvalue weighted by atomic mass is 10.1. The second kappa shape index (κ2) is 9.13. The number of hydrogen-bond donors (Lipinski definition) is 1. The molecule has 1 unspecified atom stereocenters. The van der Waals surface area contributed by atoms with Crippen LogP contribution in [0.4, 0.5) is 4.39 Å². The van der Waals surface area contributed by atoms with E-state index in [0.717, 1.165) is 11.1 Å². The summed E-state index contributed by atoms with van der Waals surface area (Å²) in [5, 5.41) is 2.73. The molecule has 1 atom stereocenters. The molecule has 0 aliphatic carbocycles. The van der Waals surface area contributed by atoms with Crippen LogP contribution in [0.1, 0.15) is 30.5 Å². The Hall–Kier alpha value is -2.69. The lowest BCUT2D eigenvalue weighted by molar-refractivity contribution is -0.140. The van der Waals surface area contributed by atoms with Crippen LogP contribution in [0.3, 0.4) is 0 Å². The van der Waals surface area contributed by atoms with Crippen LogP contribution in [-0.2, 0) is 22.6 Å². The third-order valence-corrected chi connectivity index (χ3v) is 4.29. The molecule has 0 bridgehead atoms. The zero-order valence-electron chi connectivity index (χ0n) is 15.5. The van der Waals surface area contributed by atoms with Gasteiger partial charge in [-0.15, -0.1) is 0 Å². The minimum absolute atomic E-state index is 0.0513. The van der Waals surface area contributed by atoms with Gasteiger partial charge in [0, 0.05) is 18.7 Å². The fraction of sp³-hybridized carbons (Fsp3) is 0.333. The smallest absolute Gasteiger partial charge is 0.242 e. The third-order valence-electron chi connectivity index (χ3n) is 4.29. The summed E-state index contributed by atoms with van der Waals surface area (Å²) >= 11 is 0. The molecule has 2 aromatic rings. The Morgan fingerprint density at radius 2 is 1.77 bits per heavy atom. The van der Waals surface area contributed by atoms with Crippen LogP contribution >= 0.6 is 0 Å². The number of likely N-dealkylation sites (N-methyl/N-ethyl adjacent to an activating group) is 1. The summed E-state index contributed by atoms with van der Waals surface area (Å²) in [5.74, 6) is -0.847. The summed E-state index contributed by atoms with van der Waals surface area (Å²) in [5.41, 5.74) is 2.36. The molecule has 138 valence electrons. The number of nitrogens with zero attached hydrogens (tertiary/aromatic N) is 1. The number of hydrogen-bond acceptors (Lipinski definition) is 2. The summed E-state index contributed by atoms with van der Waals surface area (Å²) in [4.78, 5) is 26.6. The van der Waals surface area contributed by atoms with E-state index < -0.39 is 6.04 Å². The molecule has 2 amide bonds. The van der Waals surface area contributed by atoms with Crippen LogP contribution < -0.4 is 5.32 Å². The average molecular weight is 356 g/mol. The first-order valence-electron chi connectivity index (χ1n) is 8.78. The van der Waals surface area contributed by atoms with Crippen molar-refractivity contribution in [2.24, 2.45) is 0 Å². The van der Waals surface area contributed by atoms with E-state index in [1.165, 1.54) is 11.0 Å². The van der Waals surface area contributed by atoms with Crippen molar-refractivity contribution < 1.29 is 14.0 Å². The second-order valence-electron chi connectivity index (χ2n) is 6.35. The van der Waals surface area contributed by atoms with Gasteiger partial charge in [0.15, 0.2) is 0 Å². The zero-order valence-corrected chi connectivity index (χ0v) is 15.5. The lowest BCUT2D eigenvalue weighted by Crippen LogP contribution is -2.48. The SMILES string of the molecule is CCNC(=O)C(C)N(Cc1ccccc1F)C(=O)Cc1ccc(C)cc1. The predicted molar refractivity (Wildman–Crippen MR) is 100.0 cm³/mol. The van der Waals surface area contributed by atoms with Gasteiger partial charge in [-0.25, -0.2) is 4.39 Å². The Kier molecular flexibility index (Phi) is 6.89. The van der Waals surface area contributed by atoms with Gasteiger partial charge in [-0.05, 0) is 32.4 Å². The van der Waals surface area contributed by atoms with E-state index in [1.54, 1.807) is 25.1 Å². The maximum atomic E-state index is 14.1. The molecule has 5 heteroatoms. The minimum atomic E-state index is -0.687. The molecule has 2 rings (SSSR count). The number of rotatable bonds is 7. The van der Waals surface area contributed by atoms with Crippen LogP contribution in [0.15, 0.2) is 48.5 Å². The monoisotopic (exact) mass is 356 g/mol. The summed E-state index contributed by atoms with van der Waals surface area (Å²) < 4.78 is 14.1. The van der Waals surface area contributed by atoms with E-state index in [9.17, 15) is 14.0 Å². The Labute approximate surface area is 154 Å². The summed E-state index contributed by atoms with van der Waals surface area (Å²) in [6, 6.07) is 13.3. The number of carbonyl (C=O) groups excluding carboxylic acids is 2. The van der Waals surface area contributed by atoms with Gasteiger partial charge in [-0.1, -0.05) is 48.0 Å². The first-order valence-corrected chi connectivity index (χ1v) is 8.78. The maximum Gasteiger partial charge on any atom is 0.242 e. The van der Waals surface area contributed by atoms with Gasteiger partial charge in [0.25, 0.3) is 0 Å². The van der Waals surface area contributed by atoms with Gasteiger partial charge in [0.1, 0.15) is 11.9 Å². The quantitative estimate of drug-likeness (QED) is 0.828. The van der Waals surface area contributed by atoms with Crippen LogP contribution in [0.2, 0.25) is 0 Å². The highest BCUT2D eigenvalue weighted by molar-refractivity contribution is 5.88. The summed E-state index contributed by atoms with van der Waals surface area (Å²) in [6.45, 7) is 5.99. The summed E-state index contributed by atoms with van der Waals surface area (Å²) in [7, 11) is 0. The third kappa shape index (κ3) is 5.15. The van der Waals surface area contributed by atoms with E-state index in [4.69, 9.17) is 0 Å². The Morgan fingerprint density at radius 1 is 1.12 bits per heavy atom. The van der Waals surface area contributed by atoms with E-state index in [2.05, 4.69) is 5.32 Å². The summed E-state index contributed by atoms with van der Waals surface area (Å²) in [6.07, 6.45) is 0.165. The Bertz CT molecular complexity index is 759. The van der Waals surface area contributed by atoms with Gasteiger partial charge in [-0.3, -0.25) is 9.59 Å². The molecule has 1 N–H and O–H groups in total. The molecule has 0 aliphatic heterocycles. The van der Waals surface area contributed by atoms with Crippen molar-refractivity contribution >= 4 is 11.8 Å². The van der Waals surface area contributed by atoms with Crippen molar-refractivity contribution in [1.82, 2.24) is 10.2 Å². The highest BCUT2D eigenvalue weighted by Gasteiger charge is 2.26. The normalized spacial score (nSPS) is 11.7. The molecule has 0 fully saturated rings. The molecule has 4 nitrogen and oxygen atoms in total. The molecular formula is C21H25FN2O2. The van der Waals surface area contributed by atoms with Gasteiger partial charge in [0.2, 0.25) is 11.8 Å². The highest BCUT2D eigenvalue weighted by atomic mass is 19.1. The van der Waals surface area contributed by atoms with Crippen molar-refractivity contribution in [1.29, 1.82) is 0 Å². The largest absolute Gasteiger partial charge is 0.355 e. The Balaban J connectivity index is 2.23. The molecule has 0 radical (unpaired) electrons. The van der Waals surface area contributed by atoms with Gasteiger partial charge < -0.3 is 10.2 Å². The first-order chi connectivity index (χ1) is 12.4. The lowest BCUT2D eigenvalue weighted by Gasteiger charge is -2.29. The van der Waals surface area contributed by atoms with Gasteiger partial charge >= 0.3 is 0 Å². The number of benzene rings is 2. The molecule has 0 aliphatic rings. The van der Waals surface area contributed by atoms with Crippen LogP contribution in [0.25, 0.3) is 0 Å². The van der Waals surface area contributed by atoms with Gasteiger partial charge in [-0.2, -0.15) is 0 Å². The predicted octanol–water partition coefficient (Wildman–Crippen LogP) is 3.23. The molecule has 0 spiro atoms.